The van der Waals surface area contributed by atoms with Gasteiger partial charge in [0.2, 0.25) is 17.6 Å². The molecule has 1 aromatic heterocycles. The molecular formula is C19H27FN4O3. The summed E-state index contributed by atoms with van der Waals surface area (Å²) in [5.74, 6) is -0.466. The van der Waals surface area contributed by atoms with E-state index in [1.165, 1.54) is 19.7 Å². The topological polar surface area (TPSA) is 75.5 Å². The minimum absolute atomic E-state index is 0.0232. The number of halogens is 1. The number of rotatable bonds is 3. The van der Waals surface area contributed by atoms with Gasteiger partial charge in [-0.05, 0) is 38.5 Å². The van der Waals surface area contributed by atoms with E-state index in [2.05, 4.69) is 11.9 Å². The third-order valence-electron chi connectivity index (χ3n) is 5.63. The van der Waals surface area contributed by atoms with Crippen molar-refractivity contribution in [3.63, 3.8) is 0 Å². The van der Waals surface area contributed by atoms with Crippen LogP contribution in [0.4, 0.5) is 4.39 Å². The molecule has 2 saturated heterocycles. The summed E-state index contributed by atoms with van der Waals surface area (Å²) in [4.78, 5) is 44.5. The van der Waals surface area contributed by atoms with Gasteiger partial charge in [-0.15, -0.1) is 0 Å². The molecule has 3 rings (SSSR count). The van der Waals surface area contributed by atoms with Crippen molar-refractivity contribution in [1.29, 1.82) is 0 Å². The Morgan fingerprint density at radius 1 is 1.19 bits per heavy atom. The van der Waals surface area contributed by atoms with Crippen LogP contribution in [0.25, 0.3) is 0 Å². The third-order valence-corrected chi connectivity index (χ3v) is 5.63. The second kappa shape index (κ2) is 8.19. The van der Waals surface area contributed by atoms with Gasteiger partial charge in [-0.1, -0.05) is 6.92 Å². The molecule has 0 aliphatic carbocycles. The smallest absolute Gasteiger partial charge is 0.290 e. The maximum Gasteiger partial charge on any atom is 0.290 e. The zero-order valence-electron chi connectivity index (χ0n) is 16.0. The van der Waals surface area contributed by atoms with Gasteiger partial charge in [0.25, 0.3) is 5.56 Å². The average molecular weight is 378 g/mol. The van der Waals surface area contributed by atoms with E-state index in [1.807, 2.05) is 4.90 Å². The first-order valence-electron chi connectivity index (χ1n) is 9.65. The van der Waals surface area contributed by atoms with Crippen molar-refractivity contribution in [3.05, 3.63) is 28.2 Å². The molecule has 2 aliphatic rings. The van der Waals surface area contributed by atoms with Crippen molar-refractivity contribution in [2.75, 3.05) is 26.2 Å². The predicted molar refractivity (Wildman–Crippen MR) is 97.5 cm³/mol. The zero-order chi connectivity index (χ0) is 19.6. The van der Waals surface area contributed by atoms with E-state index in [4.69, 9.17) is 0 Å². The van der Waals surface area contributed by atoms with Crippen LogP contribution < -0.4 is 5.56 Å². The lowest BCUT2D eigenvalue weighted by Crippen LogP contribution is -2.47. The van der Waals surface area contributed by atoms with Gasteiger partial charge in [-0.25, -0.2) is 4.98 Å². The van der Waals surface area contributed by atoms with Crippen molar-refractivity contribution >= 4 is 11.8 Å². The van der Waals surface area contributed by atoms with E-state index in [1.54, 1.807) is 4.90 Å². The third kappa shape index (κ3) is 4.36. The second-order valence-electron chi connectivity index (χ2n) is 7.76. The number of carbonyl (C=O) groups is 2. The lowest BCUT2D eigenvalue weighted by molar-refractivity contribution is -0.142. The van der Waals surface area contributed by atoms with Crippen LogP contribution in [0.2, 0.25) is 0 Å². The van der Waals surface area contributed by atoms with Gasteiger partial charge in [0.15, 0.2) is 0 Å². The highest BCUT2D eigenvalue weighted by Crippen LogP contribution is 2.23. The van der Waals surface area contributed by atoms with Crippen molar-refractivity contribution < 1.29 is 14.0 Å². The molecule has 148 valence electrons. The van der Waals surface area contributed by atoms with E-state index >= 15 is 0 Å². The number of carbonyl (C=O) groups excluding carboxylic acids is 2. The number of aryl methyl sites for hydroxylation is 1. The maximum absolute atomic E-state index is 13.7. The van der Waals surface area contributed by atoms with Crippen LogP contribution in [0.1, 0.15) is 38.3 Å². The number of amides is 2. The molecule has 27 heavy (non-hydrogen) atoms. The Bertz CT molecular complexity index is 771. The molecular weight excluding hydrogens is 351 g/mol. The molecule has 0 N–H and O–H groups in total. The quantitative estimate of drug-likeness (QED) is 0.792. The Kier molecular flexibility index (Phi) is 5.92. The van der Waals surface area contributed by atoms with Crippen LogP contribution in [-0.2, 0) is 16.1 Å². The Morgan fingerprint density at radius 2 is 1.89 bits per heavy atom. The number of hydrogen-bond acceptors (Lipinski definition) is 4. The summed E-state index contributed by atoms with van der Waals surface area (Å²) < 4.78 is 14.7. The first kappa shape index (κ1) is 19.5. The lowest BCUT2D eigenvalue weighted by atomic mass is 9.92. The highest BCUT2D eigenvalue weighted by Gasteiger charge is 2.31. The molecule has 2 fully saturated rings. The first-order valence-corrected chi connectivity index (χ1v) is 9.65. The van der Waals surface area contributed by atoms with Crippen LogP contribution in [0.5, 0.6) is 0 Å². The molecule has 1 atom stereocenters. The minimum Gasteiger partial charge on any atom is -0.342 e. The average Bonchev–Trinajstić information content (AvgIpc) is 2.68. The molecule has 3 heterocycles. The largest absolute Gasteiger partial charge is 0.342 e. The SMILES string of the molecule is Cc1ncn(CC(=O)N2CCC(C(=O)N3CCCC(C)C3)CC2)c(=O)c1F. The van der Waals surface area contributed by atoms with Crippen molar-refractivity contribution in [2.24, 2.45) is 11.8 Å². The fourth-order valence-corrected chi connectivity index (χ4v) is 3.93. The van der Waals surface area contributed by atoms with Gasteiger partial charge in [0, 0.05) is 32.1 Å². The lowest BCUT2D eigenvalue weighted by Gasteiger charge is -2.37. The standard InChI is InChI=1S/C19H27FN4O3/c1-13-4-3-7-23(10-13)18(26)15-5-8-22(9-6-15)16(25)11-24-12-21-14(2)17(20)19(24)27/h12-13,15H,3-11H2,1-2H3. The predicted octanol–water partition coefficient (Wildman–Crippen LogP) is 1.19. The Morgan fingerprint density at radius 3 is 2.56 bits per heavy atom. The molecule has 0 radical (unpaired) electrons. The van der Waals surface area contributed by atoms with Gasteiger partial charge in [-0.3, -0.25) is 19.0 Å². The highest BCUT2D eigenvalue weighted by atomic mass is 19.1. The monoisotopic (exact) mass is 378 g/mol. The van der Waals surface area contributed by atoms with Crippen LogP contribution in [0.15, 0.2) is 11.1 Å². The number of likely N-dealkylation sites (tertiary alicyclic amines) is 2. The van der Waals surface area contributed by atoms with E-state index < -0.39 is 11.4 Å². The van der Waals surface area contributed by atoms with Crippen molar-refractivity contribution in [3.8, 4) is 0 Å². The van der Waals surface area contributed by atoms with Crippen LogP contribution in [0.3, 0.4) is 0 Å². The molecule has 0 spiro atoms. The van der Waals surface area contributed by atoms with Gasteiger partial charge in [0.1, 0.15) is 6.54 Å². The van der Waals surface area contributed by atoms with Gasteiger partial charge < -0.3 is 9.80 Å². The molecule has 8 heteroatoms. The van der Waals surface area contributed by atoms with Gasteiger partial charge in [0.05, 0.1) is 12.0 Å². The second-order valence-corrected chi connectivity index (χ2v) is 7.76. The summed E-state index contributed by atoms with van der Waals surface area (Å²) in [5.41, 5.74) is -0.810. The molecule has 2 aliphatic heterocycles. The van der Waals surface area contributed by atoms with Gasteiger partial charge in [-0.2, -0.15) is 4.39 Å². The summed E-state index contributed by atoms with van der Waals surface area (Å²) >= 11 is 0. The summed E-state index contributed by atoms with van der Waals surface area (Å²) in [6.45, 7) is 5.97. The number of aromatic nitrogens is 2. The van der Waals surface area contributed by atoms with E-state index in [-0.39, 0.29) is 30.0 Å². The maximum atomic E-state index is 13.7. The fraction of sp³-hybridized carbons (Fsp3) is 0.684. The Labute approximate surface area is 158 Å². The number of hydrogen-bond donors (Lipinski definition) is 0. The molecule has 2 amide bonds. The molecule has 0 aromatic carbocycles. The molecule has 1 aromatic rings. The van der Waals surface area contributed by atoms with E-state index in [9.17, 15) is 18.8 Å². The van der Waals surface area contributed by atoms with Crippen molar-refractivity contribution in [1.82, 2.24) is 19.4 Å². The summed E-state index contributed by atoms with van der Waals surface area (Å²) in [6.07, 6.45) is 4.69. The Hall–Kier alpha value is -2.25. The van der Waals surface area contributed by atoms with E-state index in [0.29, 0.717) is 31.8 Å². The first-order chi connectivity index (χ1) is 12.9. The minimum atomic E-state index is -0.926. The summed E-state index contributed by atoms with van der Waals surface area (Å²) in [5, 5.41) is 0. The molecule has 7 nitrogen and oxygen atoms in total. The normalized spacial score (nSPS) is 21.4. The summed E-state index contributed by atoms with van der Waals surface area (Å²) in [7, 11) is 0. The van der Waals surface area contributed by atoms with Crippen molar-refractivity contribution in [2.45, 2.75) is 46.1 Å². The fourth-order valence-electron chi connectivity index (χ4n) is 3.93. The molecule has 0 saturated carbocycles. The van der Waals surface area contributed by atoms with E-state index in [0.717, 1.165) is 24.1 Å². The van der Waals surface area contributed by atoms with Crippen LogP contribution >= 0.6 is 0 Å². The zero-order valence-corrected chi connectivity index (χ0v) is 16.0. The molecule has 0 bridgehead atoms. The highest BCUT2D eigenvalue weighted by molar-refractivity contribution is 5.80. The number of nitrogens with zero attached hydrogens (tertiary/aromatic N) is 4. The molecule has 1 unspecified atom stereocenters. The number of piperidine rings is 2. The van der Waals surface area contributed by atoms with Crippen LogP contribution in [-0.4, -0.2) is 57.3 Å². The van der Waals surface area contributed by atoms with Gasteiger partial charge >= 0.3 is 0 Å². The summed E-state index contributed by atoms with van der Waals surface area (Å²) in [6, 6.07) is 0. The Balaban J connectivity index is 1.54. The van der Waals surface area contributed by atoms with Crippen LogP contribution in [0, 0.1) is 24.6 Å².